The highest BCUT2D eigenvalue weighted by Crippen LogP contribution is 2.29. The lowest BCUT2D eigenvalue weighted by molar-refractivity contribution is -0.150. The second-order valence-electron chi connectivity index (χ2n) is 3.41. The minimum Gasteiger partial charge on any atom is -0.473 e. The SMILES string of the molecule is CCOC(=O)[C@@H](C)Oc1c(F)c(F)c(F)c(F)c1F. The van der Waals surface area contributed by atoms with Gasteiger partial charge < -0.3 is 9.47 Å². The largest absolute Gasteiger partial charge is 0.473 e. The van der Waals surface area contributed by atoms with Gasteiger partial charge in [0.25, 0.3) is 0 Å². The summed E-state index contributed by atoms with van der Waals surface area (Å²) in [5, 5.41) is 0. The Morgan fingerprint density at radius 3 is 1.84 bits per heavy atom. The third kappa shape index (κ3) is 2.94. The molecule has 1 rings (SSSR count). The molecule has 3 nitrogen and oxygen atoms in total. The van der Waals surface area contributed by atoms with E-state index in [1.54, 1.807) is 0 Å². The van der Waals surface area contributed by atoms with E-state index < -0.39 is 46.9 Å². The maximum Gasteiger partial charge on any atom is 0.347 e. The molecule has 0 aromatic heterocycles. The fourth-order valence-corrected chi connectivity index (χ4v) is 1.17. The molecule has 106 valence electrons. The third-order valence-electron chi connectivity index (χ3n) is 2.08. The quantitative estimate of drug-likeness (QED) is 0.369. The molecule has 0 N–H and O–H groups in total. The van der Waals surface area contributed by atoms with E-state index in [0.717, 1.165) is 6.92 Å². The smallest absolute Gasteiger partial charge is 0.347 e. The number of hydrogen-bond donors (Lipinski definition) is 0. The summed E-state index contributed by atoms with van der Waals surface area (Å²) in [5.74, 6) is -13.4. The van der Waals surface area contributed by atoms with Crippen molar-refractivity contribution >= 4 is 5.97 Å². The van der Waals surface area contributed by atoms with Crippen LogP contribution in [0.25, 0.3) is 0 Å². The van der Waals surface area contributed by atoms with Crippen molar-refractivity contribution in [1.29, 1.82) is 0 Å². The van der Waals surface area contributed by atoms with Crippen LogP contribution in [-0.2, 0) is 9.53 Å². The molecule has 0 heterocycles. The predicted octanol–water partition coefficient (Wildman–Crippen LogP) is 2.71. The second-order valence-corrected chi connectivity index (χ2v) is 3.41. The zero-order valence-electron chi connectivity index (χ0n) is 9.90. The van der Waals surface area contributed by atoms with Gasteiger partial charge in [0.2, 0.25) is 29.1 Å². The number of hydrogen-bond acceptors (Lipinski definition) is 3. The van der Waals surface area contributed by atoms with Gasteiger partial charge in [-0.05, 0) is 13.8 Å². The molecular formula is C11H9F5O3. The van der Waals surface area contributed by atoms with E-state index in [1.807, 2.05) is 0 Å². The molecule has 0 radical (unpaired) electrons. The van der Waals surface area contributed by atoms with Crippen molar-refractivity contribution in [3.05, 3.63) is 29.1 Å². The lowest BCUT2D eigenvalue weighted by atomic mass is 10.2. The van der Waals surface area contributed by atoms with Gasteiger partial charge in [0, 0.05) is 0 Å². The van der Waals surface area contributed by atoms with Crippen LogP contribution in [0.1, 0.15) is 13.8 Å². The third-order valence-corrected chi connectivity index (χ3v) is 2.08. The first-order valence-corrected chi connectivity index (χ1v) is 5.15. The van der Waals surface area contributed by atoms with Gasteiger partial charge in [0.15, 0.2) is 11.9 Å². The zero-order valence-corrected chi connectivity index (χ0v) is 9.90. The first kappa shape index (κ1) is 15.2. The predicted molar refractivity (Wildman–Crippen MR) is 53.0 cm³/mol. The van der Waals surface area contributed by atoms with E-state index in [-0.39, 0.29) is 6.61 Å². The average molecular weight is 284 g/mol. The summed E-state index contributed by atoms with van der Waals surface area (Å²) in [4.78, 5) is 11.2. The fraction of sp³-hybridized carbons (Fsp3) is 0.364. The zero-order chi connectivity index (χ0) is 14.7. The molecular weight excluding hydrogens is 275 g/mol. The Balaban J connectivity index is 3.12. The van der Waals surface area contributed by atoms with E-state index in [9.17, 15) is 26.7 Å². The van der Waals surface area contributed by atoms with Gasteiger partial charge in [0.1, 0.15) is 0 Å². The summed E-state index contributed by atoms with van der Waals surface area (Å²) >= 11 is 0. The van der Waals surface area contributed by atoms with Crippen molar-refractivity contribution in [3.63, 3.8) is 0 Å². The number of halogens is 5. The lowest BCUT2D eigenvalue weighted by Crippen LogP contribution is -2.27. The molecule has 8 heteroatoms. The van der Waals surface area contributed by atoms with E-state index >= 15 is 0 Å². The first-order chi connectivity index (χ1) is 8.81. The number of ether oxygens (including phenoxy) is 2. The summed E-state index contributed by atoms with van der Waals surface area (Å²) in [7, 11) is 0. The maximum absolute atomic E-state index is 13.2. The van der Waals surface area contributed by atoms with Crippen LogP contribution in [0.2, 0.25) is 0 Å². The molecule has 0 spiro atoms. The Hall–Kier alpha value is -1.86. The van der Waals surface area contributed by atoms with Crippen molar-refractivity contribution in [3.8, 4) is 5.75 Å². The molecule has 0 fully saturated rings. The van der Waals surface area contributed by atoms with Crippen molar-refractivity contribution in [2.24, 2.45) is 0 Å². The molecule has 0 aliphatic rings. The minimum atomic E-state index is -2.30. The molecule has 1 aromatic carbocycles. The molecule has 0 aliphatic carbocycles. The highest BCUT2D eigenvalue weighted by Gasteiger charge is 2.29. The maximum atomic E-state index is 13.2. The topological polar surface area (TPSA) is 35.5 Å². The van der Waals surface area contributed by atoms with Crippen LogP contribution in [0.4, 0.5) is 22.0 Å². The molecule has 1 atom stereocenters. The second kappa shape index (κ2) is 5.85. The number of carbonyl (C=O) groups excluding carboxylic acids is 1. The highest BCUT2D eigenvalue weighted by atomic mass is 19.2. The molecule has 1 aromatic rings. The standard InChI is InChI=1S/C11H9F5O3/c1-3-18-11(17)4(2)19-10-8(15)6(13)5(12)7(14)9(10)16/h4H,3H2,1-2H3/t4-/m1/s1. The number of esters is 1. The van der Waals surface area contributed by atoms with Crippen molar-refractivity contribution < 1.29 is 36.2 Å². The van der Waals surface area contributed by atoms with E-state index in [0.29, 0.717) is 0 Å². The van der Waals surface area contributed by atoms with Crippen LogP contribution < -0.4 is 4.74 Å². The van der Waals surface area contributed by atoms with Gasteiger partial charge in [-0.3, -0.25) is 0 Å². The number of rotatable bonds is 4. The summed E-state index contributed by atoms with van der Waals surface area (Å²) < 4.78 is 73.8. The number of carbonyl (C=O) groups is 1. The van der Waals surface area contributed by atoms with Crippen molar-refractivity contribution in [1.82, 2.24) is 0 Å². The summed E-state index contributed by atoms with van der Waals surface area (Å²) in [6.07, 6.45) is -1.52. The van der Waals surface area contributed by atoms with Gasteiger partial charge >= 0.3 is 5.97 Å². The molecule has 0 amide bonds. The van der Waals surface area contributed by atoms with Gasteiger partial charge in [-0.15, -0.1) is 0 Å². The van der Waals surface area contributed by atoms with Gasteiger partial charge in [-0.1, -0.05) is 0 Å². The molecule has 0 bridgehead atoms. The van der Waals surface area contributed by atoms with Gasteiger partial charge in [-0.2, -0.15) is 8.78 Å². The fourth-order valence-electron chi connectivity index (χ4n) is 1.17. The molecule has 0 unspecified atom stereocenters. The van der Waals surface area contributed by atoms with Gasteiger partial charge in [-0.25, -0.2) is 18.0 Å². The van der Waals surface area contributed by atoms with E-state index in [2.05, 4.69) is 9.47 Å². The van der Waals surface area contributed by atoms with Crippen LogP contribution in [0.3, 0.4) is 0 Å². The number of benzene rings is 1. The van der Waals surface area contributed by atoms with E-state index in [1.165, 1.54) is 6.92 Å². The molecule has 0 aliphatic heterocycles. The Labute approximate surface area is 104 Å². The van der Waals surface area contributed by atoms with Crippen LogP contribution in [0.15, 0.2) is 0 Å². The summed E-state index contributed by atoms with van der Waals surface area (Å²) in [5.41, 5.74) is 0. The Morgan fingerprint density at radius 1 is 1.00 bits per heavy atom. The van der Waals surface area contributed by atoms with Crippen LogP contribution in [0, 0.1) is 29.1 Å². The first-order valence-electron chi connectivity index (χ1n) is 5.15. The van der Waals surface area contributed by atoms with Crippen LogP contribution in [0.5, 0.6) is 5.75 Å². The molecule has 0 saturated heterocycles. The van der Waals surface area contributed by atoms with Crippen LogP contribution >= 0.6 is 0 Å². The van der Waals surface area contributed by atoms with Crippen LogP contribution in [-0.4, -0.2) is 18.7 Å². The van der Waals surface area contributed by atoms with Crippen molar-refractivity contribution in [2.45, 2.75) is 20.0 Å². The summed E-state index contributed by atoms with van der Waals surface area (Å²) in [6.45, 7) is 2.50. The van der Waals surface area contributed by atoms with Gasteiger partial charge in [0.05, 0.1) is 6.61 Å². The average Bonchev–Trinajstić information content (AvgIpc) is 2.39. The minimum absolute atomic E-state index is 0.0242. The summed E-state index contributed by atoms with van der Waals surface area (Å²) in [6, 6.07) is 0. The highest BCUT2D eigenvalue weighted by molar-refractivity contribution is 5.74. The Bertz CT molecular complexity index is 475. The molecule has 0 saturated carbocycles. The lowest BCUT2D eigenvalue weighted by Gasteiger charge is -2.15. The normalized spacial score (nSPS) is 12.2. The molecule has 19 heavy (non-hydrogen) atoms. The van der Waals surface area contributed by atoms with E-state index in [4.69, 9.17) is 0 Å². The Kier molecular flexibility index (Phi) is 4.68. The monoisotopic (exact) mass is 284 g/mol. The van der Waals surface area contributed by atoms with Crippen molar-refractivity contribution in [2.75, 3.05) is 6.61 Å². The Morgan fingerprint density at radius 2 is 1.42 bits per heavy atom.